The third kappa shape index (κ3) is 22.5. The number of amides is 5. The first-order chi connectivity index (χ1) is 55.5. The summed E-state index contributed by atoms with van der Waals surface area (Å²) in [5, 5.41) is 259. The van der Waals surface area contributed by atoms with Crippen LogP contribution in [0.2, 0.25) is 0 Å². The van der Waals surface area contributed by atoms with E-state index in [0.717, 1.165) is 34.6 Å². The number of aliphatic hydroxyl groups is 22. The molecule has 0 aromatic heterocycles. The molecule has 682 valence electrons. The van der Waals surface area contributed by atoms with Gasteiger partial charge in [-0.15, -0.1) is 0 Å². The molecule has 9 aliphatic heterocycles. The lowest BCUT2D eigenvalue weighted by Crippen LogP contribution is -2.71. The smallest absolute Gasteiger partial charge is 0.394 e. The van der Waals surface area contributed by atoms with Crippen molar-refractivity contribution in [3.8, 4) is 0 Å². The summed E-state index contributed by atoms with van der Waals surface area (Å²) in [5.74, 6) is -4.67. The van der Waals surface area contributed by atoms with Crippen LogP contribution in [-0.2, 0) is 119 Å². The van der Waals surface area contributed by atoms with Gasteiger partial charge in [0.25, 0.3) is 0 Å². The van der Waals surface area contributed by atoms with Gasteiger partial charge in [0.05, 0.1) is 59.0 Å². The van der Waals surface area contributed by atoms with E-state index in [1.165, 1.54) is 6.92 Å². The molecule has 28 N–H and O–H groups in total. The van der Waals surface area contributed by atoms with Crippen LogP contribution in [0.3, 0.4) is 0 Å². The highest BCUT2D eigenvalue weighted by Crippen LogP contribution is 2.40. The molecule has 0 aromatic rings. The Morgan fingerprint density at radius 1 is 0.280 bits per heavy atom. The first kappa shape index (κ1) is 97.5. The number of ether oxygens (including phenoxy) is 17. The zero-order valence-electron chi connectivity index (χ0n) is 63.5. The fourth-order valence-corrected chi connectivity index (χ4v) is 15.5. The Balaban J connectivity index is 1.06. The summed E-state index contributed by atoms with van der Waals surface area (Å²) in [6.07, 6.45) is -83.8. The Morgan fingerprint density at radius 3 is 1.03 bits per heavy atom. The standard InChI is InChI=1S/C64H107N5O48S/c1-15-34(81)44(91)47(94)61(102-15)100-14-28-51(40(87)29(56(96)103-28)65-16(2)76)112-58-31(67-18(4)78)42(89)50(25(11-74)107-58)113-62-48(95)53(38(85)27(110-62)13-101-63-54(45(92)36(83)22(8-71)105-63)115-57-30(66-17(3)77)39(86)35(82)21(7-70)104-57)114-64-55(46(93)37(84)23(9-72)106-64)116-60-32(68-19(5)79)41(88)49(24(10-73)108-60)111-59-33(69-20(6)80)43(90)52(26(12-75)109-59)117-118(97,98)99/h15,21-64,70-75,81-96H,7-14H2,1-6H3,(H,65,76)(H,66,77)(H,67,78)(H,68,79)(H,69,80)(H,97,98,99)/t15-,21+,22+,23+,24+,25+,26+,27+,28+,29+,30+,31+,32+,33+,34+,35+,36+,37+,38+,39+,40+,41+,42+,43+,44+,45-,46-,47-,48-,49+,50+,51+,52-,53-,54-,55-,56+,57-,58-,59-,60-,61+,62-,63-,64+/m0/s1. The summed E-state index contributed by atoms with van der Waals surface area (Å²) in [7, 11) is -5.43. The SMILES string of the molecule is CC(=O)N[C@@H]1[C@@H](O)[C@H](O[C@@H]2O[C@H](CO)[C@@H](O[C@@H]3O[C@H](CO[C@H]4O[C@H](CO)[C@@H](O)[C@H](O)[C@@H]4O[C@@H]4O[C@H](CO)[C@@H](O)[C@H](O)[C@H]4NC(C)=O)[C@@H](O)[C@H](O[C@H]4O[C@H](CO)[C@@H](O)[C@H](O)[C@@H]4O[C@@H]4O[C@H](CO)[C@@H](O[C@@H]5O[C@H](CO)[C@H](OS(=O)(=O)O)[C@H](O)[C@H]5NC(C)=O)[C@H](O)[C@H]4NC(C)=O)[C@@H]3O)[C@H](O)[C@H]2NC(C)=O)[C@@H](CO[C@@H]2O[C@@H](C)[C@@H](O)[C@@H](O)[C@@H]2O)O[C@H]1O. The molecule has 0 radical (unpaired) electrons. The lowest BCUT2D eigenvalue weighted by molar-refractivity contribution is -0.398. The Labute approximate surface area is 669 Å². The predicted octanol–water partition coefficient (Wildman–Crippen LogP) is -19.1. The van der Waals surface area contributed by atoms with E-state index >= 15 is 0 Å². The molecule has 9 aliphatic rings. The normalized spacial score (nSPS) is 47.1. The van der Waals surface area contributed by atoms with Gasteiger partial charge in [0.1, 0.15) is 213 Å². The summed E-state index contributed by atoms with van der Waals surface area (Å²) in [4.78, 5) is 63.7. The lowest BCUT2D eigenvalue weighted by atomic mass is 9.93. The Kier molecular flexibility index (Phi) is 34.8. The van der Waals surface area contributed by atoms with Crippen LogP contribution in [-0.4, -0.2) is 484 Å². The second-order valence-corrected chi connectivity index (χ2v) is 30.5. The van der Waals surface area contributed by atoms with Crippen LogP contribution < -0.4 is 26.6 Å². The first-order valence-electron chi connectivity index (χ1n) is 37.1. The van der Waals surface area contributed by atoms with Crippen LogP contribution in [0.15, 0.2) is 0 Å². The van der Waals surface area contributed by atoms with Gasteiger partial charge in [-0.1, -0.05) is 0 Å². The third-order valence-electron chi connectivity index (χ3n) is 20.9. The van der Waals surface area contributed by atoms with Gasteiger partial charge in [0, 0.05) is 34.6 Å². The molecule has 45 atom stereocenters. The van der Waals surface area contributed by atoms with Crippen molar-refractivity contribution in [1.29, 1.82) is 0 Å². The van der Waals surface area contributed by atoms with Crippen LogP contribution >= 0.6 is 0 Å². The molecule has 9 fully saturated rings. The van der Waals surface area contributed by atoms with Crippen molar-refractivity contribution < 1.29 is 234 Å². The second kappa shape index (κ2) is 42.1. The predicted molar refractivity (Wildman–Crippen MR) is 364 cm³/mol. The molecule has 0 bridgehead atoms. The van der Waals surface area contributed by atoms with Gasteiger partial charge in [0.15, 0.2) is 56.6 Å². The number of nitrogens with one attached hydrogen (secondary N) is 5. The van der Waals surface area contributed by atoms with Crippen LogP contribution in [0, 0.1) is 0 Å². The van der Waals surface area contributed by atoms with Crippen LogP contribution in [0.1, 0.15) is 41.5 Å². The summed E-state index contributed by atoms with van der Waals surface area (Å²) < 4.78 is 139. The minimum Gasteiger partial charge on any atom is -0.394 e. The monoisotopic (exact) mass is 1750 g/mol. The van der Waals surface area contributed by atoms with Gasteiger partial charge in [-0.25, -0.2) is 4.18 Å². The summed E-state index contributed by atoms with van der Waals surface area (Å²) >= 11 is 0. The minimum atomic E-state index is -5.43. The highest BCUT2D eigenvalue weighted by atomic mass is 32.3. The first-order valence-corrected chi connectivity index (χ1v) is 38.5. The maximum atomic E-state index is 13.2. The fraction of sp³-hybridized carbons (Fsp3) is 0.922. The topological polar surface area (TPSA) is 811 Å². The molecule has 5 amide bonds. The van der Waals surface area contributed by atoms with E-state index in [9.17, 15) is 149 Å². The number of hydrogen-bond donors (Lipinski definition) is 28. The van der Waals surface area contributed by atoms with Crippen molar-refractivity contribution in [2.45, 2.75) is 318 Å². The zero-order chi connectivity index (χ0) is 87.3. The fourth-order valence-electron chi connectivity index (χ4n) is 14.9. The van der Waals surface area contributed by atoms with Gasteiger partial charge in [-0.2, -0.15) is 8.42 Å². The molecular weight excluding hydrogens is 1640 g/mol. The average Bonchev–Trinajstić information content (AvgIpc) is 0.761. The quantitative estimate of drug-likeness (QED) is 0.0287. The Hall–Kier alpha value is -4.34. The van der Waals surface area contributed by atoms with E-state index in [-0.39, 0.29) is 0 Å². The number of rotatable bonds is 31. The third-order valence-corrected chi connectivity index (χ3v) is 21.4. The van der Waals surface area contributed by atoms with Crippen LogP contribution in [0.4, 0.5) is 0 Å². The maximum absolute atomic E-state index is 13.2. The van der Waals surface area contributed by atoms with Gasteiger partial charge in [-0.3, -0.25) is 28.5 Å². The van der Waals surface area contributed by atoms with Crippen molar-refractivity contribution in [2.75, 3.05) is 52.9 Å². The van der Waals surface area contributed by atoms with Gasteiger partial charge < -0.3 is 219 Å². The molecule has 54 heteroatoms. The van der Waals surface area contributed by atoms with E-state index < -0.39 is 369 Å². The van der Waals surface area contributed by atoms with Gasteiger partial charge in [-0.05, 0) is 6.92 Å². The Bertz CT molecular complexity index is 3360. The van der Waals surface area contributed by atoms with Crippen LogP contribution in [0.5, 0.6) is 0 Å². The highest BCUT2D eigenvalue weighted by molar-refractivity contribution is 7.80. The molecule has 0 spiro atoms. The molecule has 9 saturated heterocycles. The largest absolute Gasteiger partial charge is 0.397 e. The van der Waals surface area contributed by atoms with Crippen molar-refractivity contribution in [3.05, 3.63) is 0 Å². The van der Waals surface area contributed by atoms with E-state index in [2.05, 4.69) is 30.8 Å². The maximum Gasteiger partial charge on any atom is 0.397 e. The number of carbonyl (C=O) groups excluding carboxylic acids is 5. The van der Waals surface area contributed by atoms with Gasteiger partial charge >= 0.3 is 10.4 Å². The van der Waals surface area contributed by atoms with Crippen molar-refractivity contribution in [3.63, 3.8) is 0 Å². The summed E-state index contributed by atoms with van der Waals surface area (Å²) in [5.41, 5.74) is 0. The molecule has 0 unspecified atom stereocenters. The average molecular weight is 1750 g/mol. The number of hydrogen-bond acceptors (Lipinski definition) is 47. The van der Waals surface area contributed by atoms with E-state index in [1.807, 2.05) is 0 Å². The molecule has 0 aliphatic carbocycles. The molecule has 0 saturated carbocycles. The van der Waals surface area contributed by atoms with E-state index in [1.54, 1.807) is 0 Å². The van der Waals surface area contributed by atoms with Crippen molar-refractivity contribution >= 4 is 39.9 Å². The van der Waals surface area contributed by atoms with E-state index in [0.29, 0.717) is 0 Å². The molecule has 118 heavy (non-hydrogen) atoms. The van der Waals surface area contributed by atoms with Gasteiger partial charge in [0.2, 0.25) is 29.5 Å². The molecule has 0 aromatic carbocycles. The minimum absolute atomic E-state index is 0.843. The number of carbonyl (C=O) groups is 5. The van der Waals surface area contributed by atoms with Crippen molar-refractivity contribution in [2.24, 2.45) is 0 Å². The molecule has 9 heterocycles. The lowest BCUT2D eigenvalue weighted by Gasteiger charge is -2.51. The highest BCUT2D eigenvalue weighted by Gasteiger charge is 2.61. The molecule has 53 nitrogen and oxygen atoms in total. The summed E-state index contributed by atoms with van der Waals surface area (Å²) in [6, 6.07) is -9.52. The number of aliphatic hydroxyl groups excluding tert-OH is 22. The zero-order valence-corrected chi connectivity index (χ0v) is 64.4. The second-order valence-electron chi connectivity index (χ2n) is 29.4. The Morgan fingerprint density at radius 2 is 0.593 bits per heavy atom. The molecular formula is C64H107N5O48S. The molecule has 9 rings (SSSR count). The van der Waals surface area contributed by atoms with Crippen LogP contribution in [0.25, 0.3) is 0 Å². The van der Waals surface area contributed by atoms with E-state index in [4.69, 9.17) is 80.5 Å². The van der Waals surface area contributed by atoms with Crippen molar-refractivity contribution in [1.82, 2.24) is 26.6 Å². The summed E-state index contributed by atoms with van der Waals surface area (Å²) in [6.45, 7) is -3.05.